The molecule has 0 saturated carbocycles. The second-order valence-corrected chi connectivity index (χ2v) is 6.24. The van der Waals surface area contributed by atoms with Crippen molar-refractivity contribution in [2.45, 2.75) is 19.3 Å². The molecule has 1 amide bonds. The normalized spacial score (nSPS) is 10.1. The second-order valence-electron chi connectivity index (χ2n) is 6.24. The lowest BCUT2D eigenvalue weighted by molar-refractivity contribution is -0.148. The summed E-state index contributed by atoms with van der Waals surface area (Å²) in [5.41, 5.74) is 1.52. The van der Waals surface area contributed by atoms with Crippen molar-refractivity contribution in [2.24, 2.45) is 0 Å². The molecule has 0 aliphatic heterocycles. The van der Waals surface area contributed by atoms with Crippen LogP contribution < -0.4 is 14.8 Å². The zero-order valence-electron chi connectivity index (χ0n) is 16.6. The van der Waals surface area contributed by atoms with Gasteiger partial charge in [-0.3, -0.25) is 14.4 Å². The summed E-state index contributed by atoms with van der Waals surface area (Å²) < 4.78 is 15.3. The van der Waals surface area contributed by atoms with Crippen molar-refractivity contribution in [3.05, 3.63) is 59.7 Å². The predicted molar refractivity (Wildman–Crippen MR) is 107 cm³/mol. The van der Waals surface area contributed by atoms with Crippen molar-refractivity contribution in [2.75, 3.05) is 27.4 Å². The minimum atomic E-state index is -0.579. The third-order valence-electron chi connectivity index (χ3n) is 4.20. The van der Waals surface area contributed by atoms with E-state index in [2.05, 4.69) is 5.32 Å². The highest BCUT2D eigenvalue weighted by atomic mass is 16.5. The number of benzene rings is 2. The summed E-state index contributed by atoms with van der Waals surface area (Å²) in [6, 6.07) is 14.3. The number of nitrogens with one attached hydrogen (secondary N) is 1. The minimum absolute atomic E-state index is 0.0454. The first-order valence-electron chi connectivity index (χ1n) is 9.25. The fraction of sp³-hybridized carbons (Fsp3) is 0.318. The van der Waals surface area contributed by atoms with Gasteiger partial charge in [0.2, 0.25) is 0 Å². The first-order valence-corrected chi connectivity index (χ1v) is 9.25. The highest BCUT2D eigenvalue weighted by Crippen LogP contribution is 2.27. The van der Waals surface area contributed by atoms with Crippen LogP contribution in [0.4, 0.5) is 0 Å². The van der Waals surface area contributed by atoms with Crippen LogP contribution in [0.15, 0.2) is 48.5 Å². The number of esters is 1. The maximum atomic E-state index is 11.9. The topological polar surface area (TPSA) is 90.9 Å². The van der Waals surface area contributed by atoms with E-state index >= 15 is 0 Å². The van der Waals surface area contributed by atoms with Gasteiger partial charge in [0.25, 0.3) is 5.91 Å². The molecule has 2 rings (SSSR count). The van der Waals surface area contributed by atoms with Crippen LogP contribution >= 0.6 is 0 Å². The third-order valence-corrected chi connectivity index (χ3v) is 4.20. The van der Waals surface area contributed by atoms with Crippen molar-refractivity contribution in [3.63, 3.8) is 0 Å². The number of ether oxygens (including phenoxy) is 3. The molecule has 0 aromatic heterocycles. The SMILES string of the molecule is COc1ccc(CCNC(=O)COC(=O)CCC(=O)c2ccccc2)cc1OC. The van der Waals surface area contributed by atoms with Crippen LogP contribution in [-0.2, 0) is 20.7 Å². The van der Waals surface area contributed by atoms with Gasteiger partial charge in [0.15, 0.2) is 23.9 Å². The van der Waals surface area contributed by atoms with Gasteiger partial charge in [-0.25, -0.2) is 0 Å². The summed E-state index contributed by atoms with van der Waals surface area (Å²) in [6.45, 7) is 0.0165. The Hall–Kier alpha value is -3.35. The molecule has 0 saturated heterocycles. The quantitative estimate of drug-likeness (QED) is 0.461. The van der Waals surface area contributed by atoms with Gasteiger partial charge in [-0.1, -0.05) is 36.4 Å². The van der Waals surface area contributed by atoms with Crippen LogP contribution in [0.5, 0.6) is 11.5 Å². The number of carbonyl (C=O) groups is 3. The van der Waals surface area contributed by atoms with Crippen LogP contribution in [0, 0.1) is 0 Å². The summed E-state index contributed by atoms with van der Waals surface area (Å²) >= 11 is 0. The molecule has 0 atom stereocenters. The molecule has 154 valence electrons. The van der Waals surface area contributed by atoms with E-state index in [4.69, 9.17) is 14.2 Å². The highest BCUT2D eigenvalue weighted by molar-refractivity contribution is 5.97. The van der Waals surface area contributed by atoms with E-state index in [-0.39, 0.29) is 25.2 Å². The van der Waals surface area contributed by atoms with Crippen molar-refractivity contribution in [3.8, 4) is 11.5 Å². The molecular formula is C22H25NO6. The molecule has 2 aromatic rings. The summed E-state index contributed by atoms with van der Waals surface area (Å²) in [5, 5.41) is 2.69. The number of Topliss-reactive ketones (excluding diaryl/α,β-unsaturated/α-hetero) is 1. The molecule has 0 radical (unpaired) electrons. The van der Waals surface area contributed by atoms with E-state index < -0.39 is 11.9 Å². The number of rotatable bonds is 11. The first kappa shape index (κ1) is 21.9. The number of hydrogen-bond acceptors (Lipinski definition) is 6. The van der Waals surface area contributed by atoms with Crippen LogP contribution in [-0.4, -0.2) is 45.0 Å². The summed E-state index contributed by atoms with van der Waals surface area (Å²) in [6.07, 6.45) is 0.571. The standard InChI is InChI=1S/C22H25NO6/c1-27-19-10-8-16(14-20(19)28-2)12-13-23-21(25)15-29-22(26)11-9-18(24)17-6-4-3-5-7-17/h3-8,10,14H,9,11-13,15H2,1-2H3,(H,23,25). The zero-order chi connectivity index (χ0) is 21.1. The number of hydrogen-bond donors (Lipinski definition) is 1. The fourth-order valence-electron chi connectivity index (χ4n) is 2.64. The number of carbonyl (C=O) groups excluding carboxylic acids is 3. The Kier molecular flexibility index (Phi) is 8.69. The van der Waals surface area contributed by atoms with Crippen LogP contribution in [0.3, 0.4) is 0 Å². The Morgan fingerprint density at radius 3 is 2.31 bits per heavy atom. The third kappa shape index (κ3) is 7.29. The van der Waals surface area contributed by atoms with Gasteiger partial charge in [-0.15, -0.1) is 0 Å². The maximum absolute atomic E-state index is 11.9. The van der Waals surface area contributed by atoms with Crippen LogP contribution in [0.1, 0.15) is 28.8 Å². The second kappa shape index (κ2) is 11.5. The maximum Gasteiger partial charge on any atom is 0.306 e. The molecular weight excluding hydrogens is 374 g/mol. The Balaban J connectivity index is 1.65. The Bertz CT molecular complexity index is 834. The van der Waals surface area contributed by atoms with Gasteiger partial charge >= 0.3 is 5.97 Å². The van der Waals surface area contributed by atoms with E-state index in [1.165, 1.54) is 0 Å². The Morgan fingerprint density at radius 2 is 1.62 bits per heavy atom. The lowest BCUT2D eigenvalue weighted by Crippen LogP contribution is -2.30. The lowest BCUT2D eigenvalue weighted by Gasteiger charge is -2.10. The van der Waals surface area contributed by atoms with E-state index in [1.807, 2.05) is 18.2 Å². The van der Waals surface area contributed by atoms with Crippen molar-refractivity contribution in [1.29, 1.82) is 0 Å². The highest BCUT2D eigenvalue weighted by Gasteiger charge is 2.12. The van der Waals surface area contributed by atoms with Gasteiger partial charge in [0, 0.05) is 18.5 Å². The molecule has 0 fully saturated rings. The number of methoxy groups -OCH3 is 2. The summed E-state index contributed by atoms with van der Waals surface area (Å²) in [4.78, 5) is 35.5. The molecule has 2 aromatic carbocycles. The first-order chi connectivity index (χ1) is 14.0. The number of ketones is 1. The van der Waals surface area contributed by atoms with Gasteiger partial charge in [0.05, 0.1) is 20.6 Å². The monoisotopic (exact) mass is 399 g/mol. The molecule has 0 spiro atoms. The Labute approximate surface area is 170 Å². The average Bonchev–Trinajstić information content (AvgIpc) is 2.76. The van der Waals surface area contributed by atoms with Crippen molar-refractivity contribution < 1.29 is 28.6 Å². The van der Waals surface area contributed by atoms with Gasteiger partial charge in [-0.2, -0.15) is 0 Å². The van der Waals surface area contributed by atoms with E-state index in [0.717, 1.165) is 5.56 Å². The molecule has 7 nitrogen and oxygen atoms in total. The summed E-state index contributed by atoms with van der Waals surface area (Å²) in [7, 11) is 3.13. The van der Waals surface area contributed by atoms with E-state index in [9.17, 15) is 14.4 Å². The molecule has 1 N–H and O–H groups in total. The predicted octanol–water partition coefficient (Wildman–Crippen LogP) is 2.57. The smallest absolute Gasteiger partial charge is 0.306 e. The molecule has 0 bridgehead atoms. The molecule has 0 heterocycles. The fourth-order valence-corrected chi connectivity index (χ4v) is 2.64. The number of amides is 1. The van der Waals surface area contributed by atoms with Crippen molar-refractivity contribution >= 4 is 17.7 Å². The van der Waals surface area contributed by atoms with E-state index in [1.54, 1.807) is 44.6 Å². The molecule has 7 heteroatoms. The van der Waals surface area contributed by atoms with Gasteiger partial charge in [0.1, 0.15) is 0 Å². The van der Waals surface area contributed by atoms with Gasteiger partial charge in [-0.05, 0) is 24.1 Å². The lowest BCUT2D eigenvalue weighted by atomic mass is 10.1. The average molecular weight is 399 g/mol. The van der Waals surface area contributed by atoms with Gasteiger partial charge < -0.3 is 19.5 Å². The summed E-state index contributed by atoms with van der Waals surface area (Å²) in [5.74, 6) is 0.146. The Morgan fingerprint density at radius 1 is 0.897 bits per heavy atom. The molecule has 0 aliphatic rings. The minimum Gasteiger partial charge on any atom is -0.493 e. The largest absolute Gasteiger partial charge is 0.493 e. The zero-order valence-corrected chi connectivity index (χ0v) is 16.6. The molecule has 0 unspecified atom stereocenters. The molecule has 0 aliphatic carbocycles. The van der Waals surface area contributed by atoms with Crippen LogP contribution in [0.2, 0.25) is 0 Å². The van der Waals surface area contributed by atoms with E-state index in [0.29, 0.717) is 30.0 Å². The molecule has 29 heavy (non-hydrogen) atoms. The van der Waals surface area contributed by atoms with Crippen molar-refractivity contribution in [1.82, 2.24) is 5.32 Å². The van der Waals surface area contributed by atoms with Crippen LogP contribution in [0.25, 0.3) is 0 Å².